The predicted molar refractivity (Wildman–Crippen MR) is 71.1 cm³/mol. The summed E-state index contributed by atoms with van der Waals surface area (Å²) in [4.78, 5) is 26.4. The van der Waals surface area contributed by atoms with Gasteiger partial charge in [0.25, 0.3) is 11.5 Å². The van der Waals surface area contributed by atoms with Crippen molar-refractivity contribution < 1.29 is 9.21 Å². The Balaban J connectivity index is 2.06. The van der Waals surface area contributed by atoms with E-state index in [2.05, 4.69) is 10.1 Å². The lowest BCUT2D eigenvalue weighted by Gasteiger charge is -1.99. The number of pyridine rings is 1. The van der Waals surface area contributed by atoms with Crippen LogP contribution >= 0.6 is 0 Å². The number of aromatic amines is 1. The number of nitrogens with zero attached hydrogens (tertiary/aromatic N) is 2. The summed E-state index contributed by atoms with van der Waals surface area (Å²) in [5.41, 5.74) is 6.48. The van der Waals surface area contributed by atoms with Gasteiger partial charge in [-0.05, 0) is 18.2 Å². The van der Waals surface area contributed by atoms with Crippen LogP contribution in [0.1, 0.15) is 10.4 Å². The van der Waals surface area contributed by atoms with Crippen molar-refractivity contribution in [3.63, 3.8) is 0 Å². The zero-order chi connectivity index (χ0) is 14.1. The van der Waals surface area contributed by atoms with Gasteiger partial charge in [-0.3, -0.25) is 9.59 Å². The number of furan rings is 1. The molecule has 0 fully saturated rings. The lowest BCUT2D eigenvalue weighted by Crippen LogP contribution is -2.15. The van der Waals surface area contributed by atoms with Crippen LogP contribution in [0.15, 0.2) is 52.2 Å². The quantitative estimate of drug-likeness (QED) is 0.725. The number of anilines is 1. The van der Waals surface area contributed by atoms with Crippen molar-refractivity contribution in [3.8, 4) is 11.3 Å². The Kier molecular flexibility index (Phi) is 2.72. The van der Waals surface area contributed by atoms with Crippen molar-refractivity contribution >= 4 is 11.7 Å². The van der Waals surface area contributed by atoms with Gasteiger partial charge in [-0.1, -0.05) is 0 Å². The van der Waals surface area contributed by atoms with Gasteiger partial charge in [0.05, 0.1) is 17.4 Å². The first kappa shape index (κ1) is 12.0. The molecule has 3 heterocycles. The third kappa shape index (κ3) is 1.91. The minimum absolute atomic E-state index is 0.148. The number of nitrogens with one attached hydrogen (secondary N) is 1. The number of H-pyrrole nitrogens is 1. The van der Waals surface area contributed by atoms with Crippen molar-refractivity contribution in [2.45, 2.75) is 0 Å². The fraction of sp³-hybridized carbons (Fsp3) is 0. The molecular formula is C13H10N4O3. The van der Waals surface area contributed by atoms with E-state index in [0.29, 0.717) is 16.8 Å². The van der Waals surface area contributed by atoms with Gasteiger partial charge >= 0.3 is 0 Å². The topological polar surface area (TPSA) is 107 Å². The summed E-state index contributed by atoms with van der Waals surface area (Å²) in [5.74, 6) is -0.274. The maximum Gasteiger partial charge on any atom is 0.283 e. The highest BCUT2D eigenvalue weighted by Gasteiger charge is 2.17. The van der Waals surface area contributed by atoms with Gasteiger partial charge in [0.2, 0.25) is 0 Å². The number of hydrogen-bond donors (Lipinski definition) is 2. The van der Waals surface area contributed by atoms with E-state index in [1.165, 1.54) is 30.9 Å². The molecule has 0 bridgehead atoms. The average molecular weight is 270 g/mol. The molecule has 7 heteroatoms. The largest absolute Gasteiger partial charge is 0.472 e. The van der Waals surface area contributed by atoms with Crippen molar-refractivity contribution in [3.05, 3.63) is 58.9 Å². The number of carbonyl (C=O) groups excluding carboxylic acids is 1. The number of aromatic nitrogens is 3. The summed E-state index contributed by atoms with van der Waals surface area (Å²) in [5, 5.41) is 4.08. The third-order valence-corrected chi connectivity index (χ3v) is 2.79. The molecule has 0 aliphatic heterocycles. The van der Waals surface area contributed by atoms with Gasteiger partial charge in [0.1, 0.15) is 17.8 Å². The van der Waals surface area contributed by atoms with E-state index in [1.807, 2.05) is 0 Å². The van der Waals surface area contributed by atoms with Gasteiger partial charge < -0.3 is 15.1 Å². The molecule has 100 valence electrons. The van der Waals surface area contributed by atoms with Crippen LogP contribution in [0.2, 0.25) is 0 Å². The lowest BCUT2D eigenvalue weighted by atomic mass is 10.2. The molecule has 3 rings (SSSR count). The van der Waals surface area contributed by atoms with E-state index in [-0.39, 0.29) is 11.4 Å². The van der Waals surface area contributed by atoms with Gasteiger partial charge in [-0.15, -0.1) is 0 Å². The smallest absolute Gasteiger partial charge is 0.283 e. The molecule has 0 aliphatic rings. The number of rotatable bonds is 2. The predicted octanol–water partition coefficient (Wildman–Crippen LogP) is 1.10. The first-order valence-corrected chi connectivity index (χ1v) is 5.77. The van der Waals surface area contributed by atoms with Gasteiger partial charge in [0.15, 0.2) is 0 Å². The van der Waals surface area contributed by atoms with E-state index in [4.69, 9.17) is 10.2 Å². The van der Waals surface area contributed by atoms with Crippen molar-refractivity contribution in [1.82, 2.24) is 14.8 Å². The highest BCUT2D eigenvalue weighted by molar-refractivity contribution is 5.97. The van der Waals surface area contributed by atoms with Gasteiger partial charge in [0, 0.05) is 12.3 Å². The minimum Gasteiger partial charge on any atom is -0.472 e. The third-order valence-electron chi connectivity index (χ3n) is 2.79. The molecule has 0 saturated carbocycles. The van der Waals surface area contributed by atoms with Gasteiger partial charge in [-0.25, -0.2) is 0 Å². The van der Waals surface area contributed by atoms with Crippen LogP contribution in [0.5, 0.6) is 0 Å². The van der Waals surface area contributed by atoms with Crippen molar-refractivity contribution in [2.24, 2.45) is 0 Å². The molecule has 0 unspecified atom stereocenters. The molecule has 3 aromatic heterocycles. The van der Waals surface area contributed by atoms with E-state index in [1.54, 1.807) is 12.1 Å². The summed E-state index contributed by atoms with van der Waals surface area (Å²) >= 11 is 0. The molecule has 0 aromatic carbocycles. The summed E-state index contributed by atoms with van der Waals surface area (Å²) in [6.07, 6.45) is 4.21. The van der Waals surface area contributed by atoms with E-state index < -0.39 is 5.91 Å². The SMILES string of the molecule is Nc1cc(-c2ccc[nH]c2=O)nn1C(=O)c1ccoc1. The summed E-state index contributed by atoms with van der Waals surface area (Å²) in [6, 6.07) is 6.26. The molecule has 20 heavy (non-hydrogen) atoms. The molecule has 3 aromatic rings. The highest BCUT2D eigenvalue weighted by atomic mass is 16.3. The van der Waals surface area contributed by atoms with Gasteiger partial charge in [-0.2, -0.15) is 9.78 Å². The summed E-state index contributed by atoms with van der Waals surface area (Å²) in [6.45, 7) is 0. The number of nitrogen functional groups attached to an aromatic ring is 1. The maximum absolute atomic E-state index is 12.1. The molecular weight excluding hydrogens is 260 g/mol. The maximum atomic E-state index is 12.1. The Morgan fingerprint density at radius 1 is 1.40 bits per heavy atom. The Bertz CT molecular complexity index is 814. The van der Waals surface area contributed by atoms with E-state index in [0.717, 1.165) is 4.68 Å². The number of nitrogens with two attached hydrogens (primary N) is 1. The molecule has 3 N–H and O–H groups in total. The zero-order valence-corrected chi connectivity index (χ0v) is 10.2. The molecule has 0 aliphatic carbocycles. The van der Waals surface area contributed by atoms with Crippen LogP contribution in [0.3, 0.4) is 0 Å². The molecule has 0 saturated heterocycles. The second-order valence-corrected chi connectivity index (χ2v) is 4.10. The van der Waals surface area contributed by atoms with Crippen LogP contribution in [0.25, 0.3) is 11.3 Å². The minimum atomic E-state index is -0.421. The second kappa shape index (κ2) is 4.54. The first-order chi connectivity index (χ1) is 9.66. The molecule has 0 atom stereocenters. The fourth-order valence-corrected chi connectivity index (χ4v) is 1.82. The van der Waals surface area contributed by atoms with Crippen LogP contribution in [0, 0.1) is 0 Å². The molecule has 0 amide bonds. The zero-order valence-electron chi connectivity index (χ0n) is 10.2. The monoisotopic (exact) mass is 270 g/mol. The van der Waals surface area contributed by atoms with E-state index >= 15 is 0 Å². The molecule has 0 radical (unpaired) electrons. The Labute approximate surface area is 112 Å². The molecule has 7 nitrogen and oxygen atoms in total. The normalized spacial score (nSPS) is 10.6. The Morgan fingerprint density at radius 2 is 2.25 bits per heavy atom. The number of carbonyl (C=O) groups is 1. The Morgan fingerprint density at radius 3 is 2.95 bits per heavy atom. The second-order valence-electron chi connectivity index (χ2n) is 4.10. The number of hydrogen-bond acceptors (Lipinski definition) is 5. The van der Waals surface area contributed by atoms with Crippen molar-refractivity contribution in [2.75, 3.05) is 5.73 Å². The Hall–Kier alpha value is -3.09. The van der Waals surface area contributed by atoms with E-state index in [9.17, 15) is 9.59 Å². The van der Waals surface area contributed by atoms with Crippen molar-refractivity contribution in [1.29, 1.82) is 0 Å². The molecule has 0 spiro atoms. The van der Waals surface area contributed by atoms with Crippen LogP contribution < -0.4 is 11.3 Å². The van der Waals surface area contributed by atoms with Crippen LogP contribution in [0.4, 0.5) is 5.82 Å². The average Bonchev–Trinajstić information content (AvgIpc) is 3.08. The summed E-state index contributed by atoms with van der Waals surface area (Å²) < 4.78 is 5.88. The first-order valence-electron chi connectivity index (χ1n) is 5.77. The van der Waals surface area contributed by atoms with Crippen LogP contribution in [-0.2, 0) is 0 Å². The fourth-order valence-electron chi connectivity index (χ4n) is 1.82. The highest BCUT2D eigenvalue weighted by Crippen LogP contribution is 2.18. The standard InChI is InChI=1S/C13H10N4O3/c14-11-6-10(9-2-1-4-15-12(9)18)16-17(11)13(19)8-3-5-20-7-8/h1-7H,14H2,(H,15,18). The van der Waals surface area contributed by atoms with Crippen LogP contribution in [-0.4, -0.2) is 20.7 Å². The lowest BCUT2D eigenvalue weighted by molar-refractivity contribution is 0.0947. The summed E-state index contributed by atoms with van der Waals surface area (Å²) in [7, 11) is 0.